The first-order valence-corrected chi connectivity index (χ1v) is 6.00. The first kappa shape index (κ1) is 12.6. The number of para-hydroxylation sites is 1. The average molecular weight is 248 g/mol. The molecule has 0 spiro atoms. The number of benzene rings is 1. The normalized spacial score (nSPS) is 10.9. The molecule has 0 unspecified atom stereocenters. The third-order valence-corrected chi connectivity index (χ3v) is 2.66. The van der Waals surface area contributed by atoms with Gasteiger partial charge in [-0.15, -0.1) is 0 Å². The van der Waals surface area contributed by atoms with E-state index in [2.05, 4.69) is 5.10 Å². The highest BCUT2D eigenvalue weighted by Crippen LogP contribution is 2.18. The van der Waals surface area contributed by atoms with Crippen LogP contribution in [0.15, 0.2) is 24.3 Å². The standard InChI is InChI=1S/C13H16N2O3/c1-2-8-18-9-7-15-11-6-4-3-5-10(11)12(14-15)13(16)17/h3-6H,2,7-9H2,1H3,(H,16,17). The Morgan fingerprint density at radius 1 is 1.39 bits per heavy atom. The lowest BCUT2D eigenvalue weighted by Crippen LogP contribution is -2.09. The fraction of sp³-hybridized carbons (Fsp3) is 0.385. The Morgan fingerprint density at radius 3 is 2.89 bits per heavy atom. The second kappa shape index (κ2) is 5.64. The van der Waals surface area contributed by atoms with Gasteiger partial charge in [0.25, 0.3) is 0 Å². The van der Waals surface area contributed by atoms with Crippen LogP contribution in [-0.2, 0) is 11.3 Å². The lowest BCUT2D eigenvalue weighted by Gasteiger charge is -2.04. The van der Waals surface area contributed by atoms with E-state index in [1.165, 1.54) is 0 Å². The minimum absolute atomic E-state index is 0.0982. The predicted molar refractivity (Wildman–Crippen MR) is 67.8 cm³/mol. The average Bonchev–Trinajstić information content (AvgIpc) is 2.74. The van der Waals surface area contributed by atoms with E-state index >= 15 is 0 Å². The minimum atomic E-state index is -1.00. The van der Waals surface area contributed by atoms with Crippen molar-refractivity contribution >= 4 is 16.9 Å². The van der Waals surface area contributed by atoms with E-state index in [9.17, 15) is 4.79 Å². The van der Waals surface area contributed by atoms with Gasteiger partial charge in [0.1, 0.15) is 0 Å². The molecule has 1 aromatic carbocycles. The molecule has 2 rings (SSSR count). The molecule has 2 aromatic rings. The molecule has 1 aromatic heterocycles. The Bertz CT molecular complexity index is 548. The summed E-state index contributed by atoms with van der Waals surface area (Å²) >= 11 is 0. The number of aromatic nitrogens is 2. The van der Waals surface area contributed by atoms with E-state index in [1.807, 2.05) is 25.1 Å². The molecule has 0 saturated carbocycles. The first-order chi connectivity index (χ1) is 8.74. The maximum atomic E-state index is 11.1. The smallest absolute Gasteiger partial charge is 0.357 e. The van der Waals surface area contributed by atoms with Crippen LogP contribution in [-0.4, -0.2) is 34.1 Å². The molecule has 18 heavy (non-hydrogen) atoms. The fourth-order valence-corrected chi connectivity index (χ4v) is 1.85. The van der Waals surface area contributed by atoms with Gasteiger partial charge in [-0.2, -0.15) is 5.10 Å². The van der Waals surface area contributed by atoms with Gasteiger partial charge in [-0.05, 0) is 12.5 Å². The van der Waals surface area contributed by atoms with Crippen molar-refractivity contribution < 1.29 is 14.6 Å². The van der Waals surface area contributed by atoms with E-state index in [4.69, 9.17) is 9.84 Å². The molecule has 0 amide bonds. The van der Waals surface area contributed by atoms with Gasteiger partial charge >= 0.3 is 5.97 Å². The zero-order valence-corrected chi connectivity index (χ0v) is 10.3. The van der Waals surface area contributed by atoms with Crippen LogP contribution in [0.2, 0.25) is 0 Å². The summed E-state index contributed by atoms with van der Waals surface area (Å²) in [6.45, 7) is 3.86. The quantitative estimate of drug-likeness (QED) is 0.796. The monoisotopic (exact) mass is 248 g/mol. The largest absolute Gasteiger partial charge is 0.476 e. The summed E-state index contributed by atoms with van der Waals surface area (Å²) in [4.78, 5) is 11.1. The number of hydrogen-bond acceptors (Lipinski definition) is 3. The Labute approximate surface area is 105 Å². The van der Waals surface area contributed by atoms with Gasteiger partial charge in [-0.25, -0.2) is 4.79 Å². The maximum Gasteiger partial charge on any atom is 0.357 e. The van der Waals surface area contributed by atoms with Crippen molar-refractivity contribution in [1.82, 2.24) is 9.78 Å². The first-order valence-electron chi connectivity index (χ1n) is 6.00. The number of fused-ring (bicyclic) bond motifs is 1. The van der Waals surface area contributed by atoms with Crippen LogP contribution in [0.1, 0.15) is 23.8 Å². The van der Waals surface area contributed by atoms with Crippen LogP contribution in [0.4, 0.5) is 0 Å². The van der Waals surface area contributed by atoms with Gasteiger partial charge in [0.15, 0.2) is 5.69 Å². The molecule has 1 heterocycles. The van der Waals surface area contributed by atoms with Gasteiger partial charge in [0.05, 0.1) is 18.7 Å². The van der Waals surface area contributed by atoms with E-state index < -0.39 is 5.97 Å². The van der Waals surface area contributed by atoms with Gasteiger partial charge in [-0.3, -0.25) is 4.68 Å². The van der Waals surface area contributed by atoms with E-state index in [0.29, 0.717) is 25.1 Å². The van der Waals surface area contributed by atoms with Crippen LogP contribution < -0.4 is 0 Å². The van der Waals surface area contributed by atoms with Crippen LogP contribution in [0.3, 0.4) is 0 Å². The van der Waals surface area contributed by atoms with E-state index in [0.717, 1.165) is 11.9 Å². The molecule has 5 nitrogen and oxygen atoms in total. The summed E-state index contributed by atoms with van der Waals surface area (Å²) in [5, 5.41) is 13.9. The summed E-state index contributed by atoms with van der Waals surface area (Å²) in [6, 6.07) is 7.33. The lowest BCUT2D eigenvalue weighted by atomic mass is 10.2. The Kier molecular flexibility index (Phi) is 3.94. The van der Waals surface area contributed by atoms with Crippen molar-refractivity contribution in [3.63, 3.8) is 0 Å². The summed E-state index contributed by atoms with van der Waals surface area (Å²) in [5.74, 6) is -1.00. The highest BCUT2D eigenvalue weighted by molar-refractivity contribution is 6.01. The number of carboxylic acid groups (broad SMARTS) is 1. The zero-order chi connectivity index (χ0) is 13.0. The molecule has 0 aliphatic rings. The van der Waals surface area contributed by atoms with E-state index in [-0.39, 0.29) is 5.69 Å². The number of aromatic carboxylic acids is 1. The second-order valence-electron chi connectivity index (χ2n) is 4.01. The van der Waals surface area contributed by atoms with Crippen LogP contribution in [0.5, 0.6) is 0 Å². The minimum Gasteiger partial charge on any atom is -0.476 e. The summed E-state index contributed by atoms with van der Waals surface area (Å²) in [6.07, 6.45) is 0.972. The van der Waals surface area contributed by atoms with Crippen molar-refractivity contribution in [1.29, 1.82) is 0 Å². The SMILES string of the molecule is CCCOCCn1nc(C(=O)O)c2ccccc21. The van der Waals surface area contributed by atoms with Crippen LogP contribution in [0.25, 0.3) is 10.9 Å². The number of nitrogens with zero attached hydrogens (tertiary/aromatic N) is 2. The van der Waals surface area contributed by atoms with Crippen molar-refractivity contribution in [2.75, 3.05) is 13.2 Å². The van der Waals surface area contributed by atoms with Crippen LogP contribution in [0, 0.1) is 0 Å². The Morgan fingerprint density at radius 2 is 2.17 bits per heavy atom. The molecule has 0 radical (unpaired) electrons. The molecular formula is C13H16N2O3. The van der Waals surface area contributed by atoms with E-state index in [1.54, 1.807) is 10.7 Å². The topological polar surface area (TPSA) is 64.4 Å². The molecule has 0 fully saturated rings. The summed E-state index contributed by atoms with van der Waals surface area (Å²) in [7, 11) is 0. The predicted octanol–water partition coefficient (Wildman–Crippen LogP) is 2.16. The summed E-state index contributed by atoms with van der Waals surface area (Å²) in [5.41, 5.74) is 0.927. The van der Waals surface area contributed by atoms with Crippen molar-refractivity contribution in [3.8, 4) is 0 Å². The highest BCUT2D eigenvalue weighted by Gasteiger charge is 2.15. The highest BCUT2D eigenvalue weighted by atomic mass is 16.5. The molecule has 0 aliphatic carbocycles. The molecule has 0 bridgehead atoms. The molecule has 0 atom stereocenters. The Balaban J connectivity index is 2.24. The van der Waals surface area contributed by atoms with Gasteiger partial charge in [-0.1, -0.05) is 25.1 Å². The molecule has 0 saturated heterocycles. The van der Waals surface area contributed by atoms with Crippen molar-refractivity contribution in [3.05, 3.63) is 30.0 Å². The molecule has 5 heteroatoms. The number of carbonyl (C=O) groups is 1. The van der Waals surface area contributed by atoms with Gasteiger partial charge < -0.3 is 9.84 Å². The molecule has 96 valence electrons. The molecule has 1 N–H and O–H groups in total. The number of hydrogen-bond donors (Lipinski definition) is 1. The fourth-order valence-electron chi connectivity index (χ4n) is 1.85. The zero-order valence-electron chi connectivity index (χ0n) is 10.3. The molecule has 0 aliphatic heterocycles. The lowest BCUT2D eigenvalue weighted by molar-refractivity contribution is 0.0690. The van der Waals surface area contributed by atoms with Crippen molar-refractivity contribution in [2.24, 2.45) is 0 Å². The molecular weight excluding hydrogens is 232 g/mol. The third-order valence-electron chi connectivity index (χ3n) is 2.66. The number of carboxylic acids is 1. The van der Waals surface area contributed by atoms with Gasteiger partial charge in [0, 0.05) is 12.0 Å². The van der Waals surface area contributed by atoms with Crippen LogP contribution >= 0.6 is 0 Å². The maximum absolute atomic E-state index is 11.1. The number of ether oxygens (including phenoxy) is 1. The second-order valence-corrected chi connectivity index (χ2v) is 4.01. The Hall–Kier alpha value is -1.88. The van der Waals surface area contributed by atoms with Gasteiger partial charge in [0.2, 0.25) is 0 Å². The third kappa shape index (κ3) is 2.51. The van der Waals surface area contributed by atoms with Crippen molar-refractivity contribution in [2.45, 2.75) is 19.9 Å². The number of rotatable bonds is 6. The summed E-state index contributed by atoms with van der Waals surface area (Å²) < 4.78 is 7.09.